The zero-order valence-corrected chi connectivity index (χ0v) is 34.6. The Bertz CT molecular complexity index is 2430. The second-order valence-electron chi connectivity index (χ2n) is 16.9. The minimum atomic E-state index is 0.971. The molecule has 1 fully saturated rings. The molecule has 1 saturated heterocycles. The molecule has 4 heteroatoms. The summed E-state index contributed by atoms with van der Waals surface area (Å²) in [6, 6.07) is 63.4. The summed E-state index contributed by atoms with van der Waals surface area (Å²) in [5.41, 5.74) is 5.62. The second-order valence-corrected chi connectivity index (χ2v) is 16.9. The molecule has 1 heterocycles. The summed E-state index contributed by atoms with van der Waals surface area (Å²) in [6.07, 6.45) is 3.51. The Labute approximate surface area is 351 Å². The van der Waals surface area contributed by atoms with Crippen molar-refractivity contribution in [1.82, 2.24) is 19.6 Å². The predicted octanol–water partition coefficient (Wildman–Crippen LogP) is 11.8. The highest BCUT2D eigenvalue weighted by Gasteiger charge is 2.17. The van der Waals surface area contributed by atoms with Crippen molar-refractivity contribution >= 4 is 43.1 Å². The number of hydrogen-bond acceptors (Lipinski definition) is 4. The fourth-order valence-electron chi connectivity index (χ4n) is 9.22. The van der Waals surface area contributed by atoms with E-state index in [1.807, 2.05) is 0 Å². The van der Waals surface area contributed by atoms with Gasteiger partial charge in [0.25, 0.3) is 0 Å². The third kappa shape index (κ3) is 10.5. The smallest absolute Gasteiger partial charge is 0.0234 e. The lowest BCUT2D eigenvalue weighted by Crippen LogP contribution is -2.37. The lowest BCUT2D eigenvalue weighted by Gasteiger charge is -2.29. The summed E-state index contributed by atoms with van der Waals surface area (Å²) in [5, 5.41) is 10.6. The summed E-state index contributed by atoms with van der Waals surface area (Å²) in [4.78, 5) is 10.9. The molecule has 59 heavy (non-hydrogen) atoms. The molecule has 0 amide bonds. The second kappa shape index (κ2) is 19.1. The molecule has 9 rings (SSSR count). The van der Waals surface area contributed by atoms with Gasteiger partial charge in [-0.25, -0.2) is 0 Å². The van der Waals surface area contributed by atoms with E-state index in [1.165, 1.54) is 78.2 Å². The summed E-state index contributed by atoms with van der Waals surface area (Å²) in [6.45, 7) is 12.5. The van der Waals surface area contributed by atoms with Crippen molar-refractivity contribution in [3.05, 3.63) is 192 Å². The van der Waals surface area contributed by atoms with Gasteiger partial charge in [0.15, 0.2) is 0 Å². The van der Waals surface area contributed by atoms with Crippen molar-refractivity contribution in [3.8, 4) is 0 Å². The maximum Gasteiger partial charge on any atom is 0.0234 e. The molecule has 4 nitrogen and oxygen atoms in total. The fourth-order valence-corrected chi connectivity index (χ4v) is 9.22. The van der Waals surface area contributed by atoms with E-state index in [4.69, 9.17) is 0 Å². The van der Waals surface area contributed by atoms with Gasteiger partial charge < -0.3 is 0 Å². The molecule has 0 aliphatic carbocycles. The predicted molar refractivity (Wildman–Crippen MR) is 251 cm³/mol. The first kappa shape index (κ1) is 39.1. The van der Waals surface area contributed by atoms with Gasteiger partial charge in [-0.15, -0.1) is 0 Å². The molecule has 8 aromatic rings. The minimum absolute atomic E-state index is 0.971. The van der Waals surface area contributed by atoms with Crippen LogP contribution in [0.5, 0.6) is 0 Å². The molecule has 0 N–H and O–H groups in total. The molecule has 0 unspecified atom stereocenters. The summed E-state index contributed by atoms with van der Waals surface area (Å²) < 4.78 is 0. The van der Waals surface area contributed by atoms with Gasteiger partial charge in [0, 0.05) is 52.4 Å². The van der Waals surface area contributed by atoms with Gasteiger partial charge in [0.1, 0.15) is 0 Å². The molecule has 298 valence electrons. The summed E-state index contributed by atoms with van der Waals surface area (Å²) in [5.74, 6) is 0. The van der Waals surface area contributed by atoms with Crippen LogP contribution < -0.4 is 0 Å². The molecule has 0 atom stereocenters. The van der Waals surface area contributed by atoms with Crippen LogP contribution in [0.4, 0.5) is 0 Å². The van der Waals surface area contributed by atoms with Crippen LogP contribution in [0.3, 0.4) is 0 Å². The van der Waals surface area contributed by atoms with Gasteiger partial charge in [0.05, 0.1) is 0 Å². The van der Waals surface area contributed by atoms with Gasteiger partial charge in [0.2, 0.25) is 0 Å². The van der Waals surface area contributed by atoms with E-state index < -0.39 is 0 Å². The first-order valence-electron chi connectivity index (χ1n) is 22.0. The largest absolute Gasteiger partial charge is 0.298 e. The van der Waals surface area contributed by atoms with Crippen LogP contribution in [-0.2, 0) is 26.2 Å². The Hall–Kier alpha value is -5.36. The Morgan fingerprint density at radius 2 is 0.475 bits per heavy atom. The van der Waals surface area contributed by atoms with Crippen LogP contribution in [0.15, 0.2) is 170 Å². The lowest BCUT2D eigenvalue weighted by molar-refractivity contribution is 0.175. The van der Waals surface area contributed by atoms with Crippen LogP contribution in [0.1, 0.15) is 41.5 Å². The lowest BCUT2D eigenvalue weighted by atomic mass is 10.1. The Balaban J connectivity index is 0.974. The number of hydrogen-bond donors (Lipinski definition) is 0. The normalized spacial score (nSPS) is 16.4. The van der Waals surface area contributed by atoms with Gasteiger partial charge >= 0.3 is 0 Å². The van der Waals surface area contributed by atoms with E-state index in [2.05, 4.69) is 189 Å². The number of nitrogens with zero attached hydrogens (tertiary/aromatic N) is 4. The molecule has 0 aromatic heterocycles. The van der Waals surface area contributed by atoms with E-state index in [1.54, 1.807) is 0 Å². The van der Waals surface area contributed by atoms with E-state index in [0.29, 0.717) is 0 Å². The summed E-state index contributed by atoms with van der Waals surface area (Å²) in [7, 11) is 0. The third-order valence-electron chi connectivity index (χ3n) is 12.5. The average molecular weight is 775 g/mol. The highest BCUT2D eigenvalue weighted by Crippen LogP contribution is 2.22. The SMILES string of the molecule is c1ccc2cc(CN3CCCCN(Cc4ccc5ccccc5c4)CCN(Cc4ccc5ccccc5c4)CCCN(Cc4ccc5ccccc5c4)CC3)ccc2c1. The molecule has 1 aliphatic heterocycles. The van der Waals surface area contributed by atoms with Crippen LogP contribution >= 0.6 is 0 Å². The van der Waals surface area contributed by atoms with E-state index in [0.717, 1.165) is 85.0 Å². The Morgan fingerprint density at radius 1 is 0.237 bits per heavy atom. The van der Waals surface area contributed by atoms with Crippen LogP contribution in [0, 0.1) is 0 Å². The molecular weight excluding hydrogens is 717 g/mol. The molecule has 1 aliphatic rings. The minimum Gasteiger partial charge on any atom is -0.298 e. The molecular formula is C55H58N4. The van der Waals surface area contributed by atoms with Crippen molar-refractivity contribution in [2.75, 3.05) is 52.4 Å². The van der Waals surface area contributed by atoms with Crippen LogP contribution in [-0.4, -0.2) is 72.0 Å². The molecule has 0 bridgehead atoms. The number of benzene rings is 8. The molecule has 0 spiro atoms. The Kier molecular flexibility index (Phi) is 12.7. The number of fused-ring (bicyclic) bond motifs is 4. The Morgan fingerprint density at radius 3 is 0.746 bits per heavy atom. The first-order chi connectivity index (χ1) is 29.2. The highest BCUT2D eigenvalue weighted by atomic mass is 15.2. The van der Waals surface area contributed by atoms with E-state index in [9.17, 15) is 0 Å². The molecule has 0 saturated carbocycles. The molecule has 8 aromatic carbocycles. The van der Waals surface area contributed by atoms with Gasteiger partial charge in [-0.2, -0.15) is 0 Å². The monoisotopic (exact) mass is 774 g/mol. The van der Waals surface area contributed by atoms with Crippen LogP contribution in [0.25, 0.3) is 43.1 Å². The van der Waals surface area contributed by atoms with Gasteiger partial charge in [-0.3, -0.25) is 19.6 Å². The standard InChI is InChI=1S/C55H58N4/c1-5-16-52-36-44(20-24-48(52)12-1)40-56-28-9-10-29-57(41-45-21-25-49-13-2-6-17-53(49)37-45)33-35-59(43-47-23-27-51-15-4-8-19-55(51)39-47)31-11-30-58(34-32-56)42-46-22-26-50-14-3-7-18-54(50)38-46/h1-8,12-27,36-39H,9-11,28-35,40-43H2. The fraction of sp³-hybridized carbons (Fsp3) is 0.273. The average Bonchev–Trinajstić information content (AvgIpc) is 3.28. The van der Waals surface area contributed by atoms with Crippen molar-refractivity contribution < 1.29 is 0 Å². The van der Waals surface area contributed by atoms with Gasteiger partial charge in [-0.1, -0.05) is 146 Å². The maximum atomic E-state index is 2.73. The van der Waals surface area contributed by atoms with E-state index >= 15 is 0 Å². The highest BCUT2D eigenvalue weighted by molar-refractivity contribution is 5.85. The third-order valence-corrected chi connectivity index (χ3v) is 12.5. The maximum absolute atomic E-state index is 2.73. The zero-order chi connectivity index (χ0) is 39.6. The van der Waals surface area contributed by atoms with Crippen molar-refractivity contribution in [2.24, 2.45) is 0 Å². The zero-order valence-electron chi connectivity index (χ0n) is 34.6. The van der Waals surface area contributed by atoms with Crippen molar-refractivity contribution in [3.63, 3.8) is 0 Å². The topological polar surface area (TPSA) is 13.0 Å². The van der Waals surface area contributed by atoms with E-state index in [-0.39, 0.29) is 0 Å². The number of rotatable bonds is 8. The first-order valence-corrected chi connectivity index (χ1v) is 22.0. The van der Waals surface area contributed by atoms with Crippen molar-refractivity contribution in [2.45, 2.75) is 45.4 Å². The van der Waals surface area contributed by atoms with Gasteiger partial charge in [-0.05, 0) is 135 Å². The summed E-state index contributed by atoms with van der Waals surface area (Å²) >= 11 is 0. The molecule has 0 radical (unpaired) electrons. The van der Waals surface area contributed by atoms with Crippen molar-refractivity contribution in [1.29, 1.82) is 0 Å². The van der Waals surface area contributed by atoms with Crippen LogP contribution in [0.2, 0.25) is 0 Å². The quantitative estimate of drug-likeness (QED) is 0.152.